The Bertz CT molecular complexity index is 524. The molecule has 0 bridgehead atoms. The molecule has 1 unspecified atom stereocenters. The zero-order valence-corrected chi connectivity index (χ0v) is 14.6. The summed E-state index contributed by atoms with van der Waals surface area (Å²) in [7, 11) is 1.83. The van der Waals surface area contributed by atoms with Crippen LogP contribution < -0.4 is 0 Å². The van der Waals surface area contributed by atoms with Crippen molar-refractivity contribution in [3.63, 3.8) is 0 Å². The second-order valence-electron chi connectivity index (χ2n) is 8.14. The van der Waals surface area contributed by atoms with Gasteiger partial charge in [0, 0.05) is 7.11 Å². The molecule has 3 heteroatoms. The van der Waals surface area contributed by atoms with Crippen LogP contribution in [-0.2, 0) is 16.1 Å². The van der Waals surface area contributed by atoms with Gasteiger partial charge >= 0.3 is 0 Å². The van der Waals surface area contributed by atoms with Crippen molar-refractivity contribution >= 4 is 0 Å². The number of hydrogen-bond acceptors (Lipinski definition) is 3. The van der Waals surface area contributed by atoms with Crippen LogP contribution in [0.3, 0.4) is 0 Å². The maximum Gasteiger partial charge on any atom is 0.193 e. The van der Waals surface area contributed by atoms with Crippen molar-refractivity contribution in [1.29, 1.82) is 0 Å². The van der Waals surface area contributed by atoms with Crippen molar-refractivity contribution in [2.45, 2.75) is 64.8 Å². The largest absolute Gasteiger partial charge is 0.374 e. The van der Waals surface area contributed by atoms with E-state index in [4.69, 9.17) is 9.57 Å². The number of hydroxylamine groups is 2. The lowest BCUT2D eigenvalue weighted by atomic mass is 9.65. The topological polar surface area (TPSA) is 24.8 Å². The molecule has 2 fully saturated rings. The molecule has 2 aliphatic rings. The second-order valence-corrected chi connectivity index (χ2v) is 8.14. The van der Waals surface area contributed by atoms with E-state index in [-0.39, 0.29) is 11.3 Å². The van der Waals surface area contributed by atoms with Gasteiger partial charge in [0.25, 0.3) is 0 Å². The molecule has 0 radical (unpaired) electrons. The molecule has 0 N–H and O–H groups in total. The first-order valence-electron chi connectivity index (χ1n) is 8.37. The molecule has 22 heavy (non-hydrogen) atoms. The Hall–Kier alpha value is -0.900. The van der Waals surface area contributed by atoms with E-state index in [0.717, 1.165) is 19.4 Å². The van der Waals surface area contributed by atoms with Gasteiger partial charge in [-0.15, -0.1) is 5.06 Å². The molecule has 1 saturated carbocycles. The Labute approximate surface area is 134 Å². The van der Waals surface area contributed by atoms with Crippen LogP contribution in [0.25, 0.3) is 0 Å². The van der Waals surface area contributed by atoms with Gasteiger partial charge in [-0.05, 0) is 43.1 Å². The van der Waals surface area contributed by atoms with Gasteiger partial charge in [-0.2, -0.15) is 0 Å². The van der Waals surface area contributed by atoms with Crippen molar-refractivity contribution in [1.82, 2.24) is 5.06 Å². The van der Waals surface area contributed by atoms with E-state index in [9.17, 15) is 0 Å². The van der Waals surface area contributed by atoms with Crippen LogP contribution in [0.1, 0.15) is 52.5 Å². The molecule has 0 amide bonds. The van der Waals surface area contributed by atoms with Crippen LogP contribution in [0.5, 0.6) is 0 Å². The van der Waals surface area contributed by atoms with Crippen LogP contribution >= 0.6 is 0 Å². The smallest absolute Gasteiger partial charge is 0.193 e. The molecule has 1 aliphatic heterocycles. The van der Waals surface area contributed by atoms with Gasteiger partial charge in [0.05, 0.1) is 6.54 Å². The number of ether oxygens (including phenoxy) is 1. The van der Waals surface area contributed by atoms with Crippen molar-refractivity contribution in [2.75, 3.05) is 7.11 Å². The van der Waals surface area contributed by atoms with E-state index >= 15 is 0 Å². The first-order chi connectivity index (χ1) is 10.3. The van der Waals surface area contributed by atoms with Crippen molar-refractivity contribution in [3.05, 3.63) is 35.9 Å². The summed E-state index contributed by atoms with van der Waals surface area (Å²) in [6.45, 7) is 10.1. The first kappa shape index (κ1) is 16.0. The molecular weight excluding hydrogens is 274 g/mol. The fourth-order valence-electron chi connectivity index (χ4n) is 3.95. The van der Waals surface area contributed by atoms with E-state index in [2.05, 4.69) is 63.1 Å². The summed E-state index contributed by atoms with van der Waals surface area (Å²) >= 11 is 0. The third kappa shape index (κ3) is 2.60. The van der Waals surface area contributed by atoms with E-state index < -0.39 is 0 Å². The Morgan fingerprint density at radius 3 is 2.55 bits per heavy atom. The van der Waals surface area contributed by atoms with Crippen molar-refractivity contribution < 1.29 is 9.57 Å². The lowest BCUT2D eigenvalue weighted by Crippen LogP contribution is -2.53. The highest BCUT2D eigenvalue weighted by Crippen LogP contribution is 2.58. The summed E-state index contributed by atoms with van der Waals surface area (Å²) < 4.78 is 5.98. The molecule has 122 valence electrons. The van der Waals surface area contributed by atoms with Crippen LogP contribution in [0, 0.1) is 11.3 Å². The van der Waals surface area contributed by atoms with Gasteiger partial charge in [0.1, 0.15) is 5.60 Å². The summed E-state index contributed by atoms with van der Waals surface area (Å²) in [5.41, 5.74) is 1.13. The van der Waals surface area contributed by atoms with Crippen LogP contribution in [0.2, 0.25) is 0 Å². The Kier molecular flexibility index (Phi) is 3.87. The van der Waals surface area contributed by atoms with E-state index in [1.165, 1.54) is 12.0 Å². The van der Waals surface area contributed by atoms with Gasteiger partial charge < -0.3 is 4.74 Å². The molecule has 1 heterocycles. The Morgan fingerprint density at radius 1 is 1.27 bits per heavy atom. The van der Waals surface area contributed by atoms with Crippen LogP contribution in [0.4, 0.5) is 0 Å². The van der Waals surface area contributed by atoms with E-state index in [1.54, 1.807) is 0 Å². The fraction of sp³-hybridized carbons (Fsp3) is 0.684. The molecule has 1 aromatic rings. The summed E-state index contributed by atoms with van der Waals surface area (Å²) in [5, 5.41) is 2.13. The summed E-state index contributed by atoms with van der Waals surface area (Å²) in [4.78, 5) is 6.13. The quantitative estimate of drug-likeness (QED) is 0.775. The van der Waals surface area contributed by atoms with Crippen molar-refractivity contribution in [2.24, 2.45) is 11.3 Å². The van der Waals surface area contributed by atoms with E-state index in [1.807, 2.05) is 7.11 Å². The lowest BCUT2D eigenvalue weighted by molar-refractivity contribution is -0.113. The maximum absolute atomic E-state index is 6.13. The standard InChI is InChI=1S/C19H29NO2/c1-17(2,3)16-11-12-19(18(4,13-16)21-5)20(22-19)14-15-9-7-6-8-10-15/h6-10,16H,11-14H2,1-5H3/t16-,18-,19-,20?/m0/s1. The van der Waals surface area contributed by atoms with Gasteiger partial charge in [-0.3, -0.25) is 4.84 Å². The molecule has 3 rings (SSSR count). The number of nitrogens with zero attached hydrogens (tertiary/aromatic N) is 1. The molecule has 0 aromatic heterocycles. The molecule has 1 spiro atoms. The zero-order chi connectivity index (χ0) is 16.0. The SMILES string of the molecule is CO[C@@]1(C)C[C@@H](C(C)(C)C)CC[C@]12ON2Cc1ccccc1. The van der Waals surface area contributed by atoms with Gasteiger partial charge in [-0.25, -0.2) is 0 Å². The predicted molar refractivity (Wildman–Crippen MR) is 88.0 cm³/mol. The predicted octanol–water partition coefficient (Wildman–Crippen LogP) is 4.38. The molecule has 3 nitrogen and oxygen atoms in total. The monoisotopic (exact) mass is 303 g/mol. The molecule has 1 saturated heterocycles. The Balaban J connectivity index is 1.75. The average Bonchev–Trinajstić information content (AvgIpc) is 3.16. The highest BCUT2D eigenvalue weighted by atomic mass is 16.9. The van der Waals surface area contributed by atoms with Gasteiger partial charge in [0.15, 0.2) is 5.72 Å². The minimum atomic E-state index is -0.238. The number of benzene rings is 1. The summed E-state index contributed by atoms with van der Waals surface area (Å²) in [6, 6.07) is 10.5. The molecule has 4 atom stereocenters. The van der Waals surface area contributed by atoms with Crippen LogP contribution in [0.15, 0.2) is 30.3 Å². The molecule has 1 aromatic carbocycles. The normalized spacial score (nSPS) is 38.2. The average molecular weight is 303 g/mol. The van der Waals surface area contributed by atoms with Crippen molar-refractivity contribution in [3.8, 4) is 0 Å². The minimum Gasteiger partial charge on any atom is -0.374 e. The lowest BCUT2D eigenvalue weighted by Gasteiger charge is -2.45. The number of rotatable bonds is 3. The summed E-state index contributed by atoms with van der Waals surface area (Å²) in [5.74, 6) is 0.672. The van der Waals surface area contributed by atoms with Gasteiger partial charge in [-0.1, -0.05) is 51.1 Å². The number of hydrogen-bond donors (Lipinski definition) is 0. The van der Waals surface area contributed by atoms with Crippen LogP contribution in [-0.4, -0.2) is 23.5 Å². The fourth-order valence-corrected chi connectivity index (χ4v) is 3.95. The summed E-state index contributed by atoms with van der Waals surface area (Å²) in [6.07, 6.45) is 3.30. The highest BCUT2D eigenvalue weighted by Gasteiger charge is 2.69. The molecule has 1 aliphatic carbocycles. The molecular formula is C19H29NO2. The Morgan fingerprint density at radius 2 is 1.95 bits per heavy atom. The number of methoxy groups -OCH3 is 1. The third-order valence-electron chi connectivity index (χ3n) is 5.77. The highest BCUT2D eigenvalue weighted by molar-refractivity contribution is 5.17. The first-order valence-corrected chi connectivity index (χ1v) is 8.37. The maximum atomic E-state index is 6.13. The third-order valence-corrected chi connectivity index (χ3v) is 5.77. The van der Waals surface area contributed by atoms with Gasteiger partial charge in [0.2, 0.25) is 0 Å². The minimum absolute atomic E-state index is 0.237. The van der Waals surface area contributed by atoms with E-state index in [0.29, 0.717) is 11.3 Å². The second kappa shape index (κ2) is 5.33. The zero-order valence-electron chi connectivity index (χ0n) is 14.6.